The summed E-state index contributed by atoms with van der Waals surface area (Å²) >= 11 is 1.41. The molecule has 2 aromatic heterocycles. The van der Waals surface area contributed by atoms with E-state index >= 15 is 0 Å². The van der Waals surface area contributed by atoms with E-state index in [4.69, 9.17) is 4.52 Å². The molecule has 4 aromatic rings. The third-order valence-corrected chi connectivity index (χ3v) is 6.10. The number of hydrogen-bond donors (Lipinski definition) is 0. The summed E-state index contributed by atoms with van der Waals surface area (Å²) in [5.41, 5.74) is 1.54. The van der Waals surface area contributed by atoms with Gasteiger partial charge >= 0.3 is 0 Å². The van der Waals surface area contributed by atoms with Gasteiger partial charge < -0.3 is 9.42 Å². The first-order valence-corrected chi connectivity index (χ1v) is 10.2. The number of rotatable bonds is 3. The van der Waals surface area contributed by atoms with Crippen LogP contribution >= 0.6 is 11.3 Å². The third kappa shape index (κ3) is 3.51. The zero-order valence-electron chi connectivity index (χ0n) is 15.4. The molecule has 1 atom stereocenters. The van der Waals surface area contributed by atoms with Crippen molar-refractivity contribution in [1.82, 2.24) is 20.0 Å². The maximum atomic E-state index is 13.1. The number of likely N-dealkylation sites (tertiary alicyclic amines) is 1. The highest BCUT2D eigenvalue weighted by atomic mass is 32.1. The highest BCUT2D eigenvalue weighted by Crippen LogP contribution is 2.30. The summed E-state index contributed by atoms with van der Waals surface area (Å²) in [5, 5.41) is 4.53. The largest absolute Gasteiger partial charge is 0.339 e. The Balaban J connectivity index is 1.34. The lowest BCUT2D eigenvalue weighted by Crippen LogP contribution is -2.39. The topological polar surface area (TPSA) is 72.1 Å². The third-order valence-electron chi connectivity index (χ3n) is 5.08. The molecule has 0 aliphatic carbocycles. The van der Waals surface area contributed by atoms with Crippen LogP contribution < -0.4 is 0 Å². The summed E-state index contributed by atoms with van der Waals surface area (Å²) in [6.45, 7) is 1.20. The van der Waals surface area contributed by atoms with Gasteiger partial charge in [0.05, 0.1) is 16.1 Å². The van der Waals surface area contributed by atoms with Gasteiger partial charge in [-0.3, -0.25) is 4.79 Å². The Labute approximate surface area is 170 Å². The highest BCUT2D eigenvalue weighted by molar-refractivity contribution is 7.20. The number of amides is 1. The van der Waals surface area contributed by atoms with E-state index in [0.717, 1.165) is 23.1 Å². The van der Waals surface area contributed by atoms with Crippen molar-refractivity contribution in [3.05, 3.63) is 65.2 Å². The first-order valence-electron chi connectivity index (χ1n) is 9.42. The zero-order valence-corrected chi connectivity index (χ0v) is 16.2. The second kappa shape index (κ2) is 7.36. The molecular weight excluding hydrogens is 391 g/mol. The van der Waals surface area contributed by atoms with Gasteiger partial charge in [-0.1, -0.05) is 17.3 Å². The van der Waals surface area contributed by atoms with Gasteiger partial charge in [0.1, 0.15) is 5.82 Å². The van der Waals surface area contributed by atoms with Crippen molar-refractivity contribution >= 4 is 27.5 Å². The minimum Gasteiger partial charge on any atom is -0.339 e. The van der Waals surface area contributed by atoms with Crippen molar-refractivity contribution in [2.24, 2.45) is 0 Å². The average molecular weight is 408 g/mol. The summed E-state index contributed by atoms with van der Waals surface area (Å²) in [6.07, 6.45) is 1.73. The molecule has 6 nitrogen and oxygen atoms in total. The molecule has 3 heterocycles. The number of fused-ring (bicyclic) bond motifs is 1. The molecule has 1 saturated heterocycles. The van der Waals surface area contributed by atoms with Gasteiger partial charge in [-0.25, -0.2) is 9.37 Å². The maximum absolute atomic E-state index is 13.1. The molecule has 146 valence electrons. The fourth-order valence-electron chi connectivity index (χ4n) is 3.58. The van der Waals surface area contributed by atoms with Crippen molar-refractivity contribution in [2.75, 3.05) is 13.1 Å². The molecule has 1 amide bonds. The lowest BCUT2D eigenvalue weighted by molar-refractivity contribution is 0.0695. The monoisotopic (exact) mass is 408 g/mol. The van der Waals surface area contributed by atoms with Crippen molar-refractivity contribution in [3.8, 4) is 11.4 Å². The average Bonchev–Trinajstić information content (AvgIpc) is 3.41. The second-order valence-corrected chi connectivity index (χ2v) is 8.07. The Morgan fingerprint density at radius 3 is 2.79 bits per heavy atom. The van der Waals surface area contributed by atoms with Gasteiger partial charge in [-0.15, -0.1) is 11.3 Å². The first-order chi connectivity index (χ1) is 14.2. The highest BCUT2D eigenvalue weighted by Gasteiger charge is 2.30. The molecule has 29 heavy (non-hydrogen) atoms. The summed E-state index contributed by atoms with van der Waals surface area (Å²) in [5.74, 6) is 0.535. The van der Waals surface area contributed by atoms with Gasteiger partial charge in [0.15, 0.2) is 5.01 Å². The van der Waals surface area contributed by atoms with E-state index in [2.05, 4.69) is 15.1 Å². The predicted octanol–water partition coefficient (Wildman–Crippen LogP) is 4.51. The number of nitrogens with zero attached hydrogens (tertiary/aromatic N) is 4. The molecule has 2 aromatic carbocycles. The van der Waals surface area contributed by atoms with Crippen LogP contribution in [0.1, 0.15) is 34.5 Å². The number of benzene rings is 2. The summed E-state index contributed by atoms with van der Waals surface area (Å²) in [6, 6.07) is 13.7. The molecule has 1 fully saturated rings. The lowest BCUT2D eigenvalue weighted by Gasteiger charge is -2.30. The van der Waals surface area contributed by atoms with Gasteiger partial charge in [-0.2, -0.15) is 4.98 Å². The lowest BCUT2D eigenvalue weighted by atomic mass is 9.98. The molecule has 8 heteroatoms. The summed E-state index contributed by atoms with van der Waals surface area (Å²) in [7, 11) is 0. The van der Waals surface area contributed by atoms with Crippen LogP contribution in [0.3, 0.4) is 0 Å². The van der Waals surface area contributed by atoms with Crippen molar-refractivity contribution in [2.45, 2.75) is 18.8 Å². The fourth-order valence-corrected chi connectivity index (χ4v) is 4.51. The Hall–Kier alpha value is -3.13. The number of aromatic nitrogens is 3. The smallest absolute Gasteiger partial charge is 0.282 e. The number of halogens is 1. The van der Waals surface area contributed by atoms with Crippen LogP contribution in [0.15, 0.2) is 53.1 Å². The van der Waals surface area contributed by atoms with Crippen LogP contribution in [-0.4, -0.2) is 39.0 Å². The molecule has 0 radical (unpaired) electrons. The van der Waals surface area contributed by atoms with Gasteiger partial charge in [0, 0.05) is 18.7 Å². The van der Waals surface area contributed by atoms with E-state index in [1.807, 2.05) is 29.2 Å². The molecule has 1 aliphatic heterocycles. The van der Waals surface area contributed by atoms with Gasteiger partial charge in [0.2, 0.25) is 11.7 Å². The summed E-state index contributed by atoms with van der Waals surface area (Å²) < 4.78 is 19.6. The molecular formula is C21H17FN4O2S. The van der Waals surface area contributed by atoms with Crippen LogP contribution in [0.4, 0.5) is 4.39 Å². The maximum Gasteiger partial charge on any atom is 0.282 e. The number of carbonyl (C=O) groups is 1. The minimum absolute atomic E-state index is 0.0243. The Kier molecular flexibility index (Phi) is 4.55. The molecule has 5 rings (SSSR count). The standard InChI is InChI=1S/C21H17FN4O2S/c22-15-9-7-13(8-10-15)18-24-19(28-25-18)14-4-3-11-26(12-14)21(27)20-23-16-5-1-2-6-17(16)29-20/h1-2,5-10,14H,3-4,11-12H2/t14-/m0/s1. The summed E-state index contributed by atoms with van der Waals surface area (Å²) in [4.78, 5) is 23.8. The minimum atomic E-state index is -0.311. The van der Waals surface area contributed by atoms with Gasteiger partial charge in [0.25, 0.3) is 5.91 Å². The number of carbonyl (C=O) groups excluding carboxylic acids is 1. The zero-order chi connectivity index (χ0) is 19.8. The second-order valence-electron chi connectivity index (χ2n) is 7.04. The van der Waals surface area contributed by atoms with Crippen LogP contribution in [0, 0.1) is 5.82 Å². The van der Waals surface area contributed by atoms with Gasteiger partial charge in [-0.05, 0) is 49.2 Å². The van der Waals surface area contributed by atoms with E-state index < -0.39 is 0 Å². The predicted molar refractivity (Wildman–Crippen MR) is 107 cm³/mol. The Morgan fingerprint density at radius 1 is 1.14 bits per heavy atom. The number of piperidine rings is 1. The SMILES string of the molecule is O=C(c1nc2ccccc2s1)N1CCC[C@H](c2nc(-c3ccc(F)cc3)no2)C1. The Morgan fingerprint density at radius 2 is 1.97 bits per heavy atom. The van der Waals surface area contributed by atoms with E-state index in [9.17, 15) is 9.18 Å². The normalized spacial score (nSPS) is 17.0. The number of thiazole rings is 1. The molecule has 0 saturated carbocycles. The fraction of sp³-hybridized carbons (Fsp3) is 0.238. The quantitative estimate of drug-likeness (QED) is 0.499. The van der Waals surface area contributed by atoms with Crippen LogP contribution in [0.2, 0.25) is 0 Å². The van der Waals surface area contributed by atoms with E-state index in [1.54, 1.807) is 12.1 Å². The Bertz CT molecular complexity index is 1140. The van der Waals surface area contributed by atoms with Crippen LogP contribution in [0.25, 0.3) is 21.6 Å². The van der Waals surface area contributed by atoms with Crippen LogP contribution in [0.5, 0.6) is 0 Å². The molecule has 0 unspecified atom stereocenters. The van der Waals surface area contributed by atoms with Crippen LogP contribution in [-0.2, 0) is 0 Å². The number of hydrogen-bond acceptors (Lipinski definition) is 6. The number of para-hydroxylation sites is 1. The van der Waals surface area contributed by atoms with E-state index in [1.165, 1.54) is 23.5 Å². The van der Waals surface area contributed by atoms with Crippen molar-refractivity contribution in [1.29, 1.82) is 0 Å². The molecule has 0 bridgehead atoms. The van der Waals surface area contributed by atoms with Crippen molar-refractivity contribution < 1.29 is 13.7 Å². The molecule has 1 aliphatic rings. The molecule has 0 N–H and O–H groups in total. The van der Waals surface area contributed by atoms with E-state index in [0.29, 0.717) is 35.4 Å². The first kappa shape index (κ1) is 17.9. The van der Waals surface area contributed by atoms with Crippen molar-refractivity contribution in [3.63, 3.8) is 0 Å². The van der Waals surface area contributed by atoms with E-state index in [-0.39, 0.29) is 17.6 Å². The molecule has 0 spiro atoms.